The van der Waals surface area contributed by atoms with Gasteiger partial charge in [-0.05, 0) is 201 Å². The summed E-state index contributed by atoms with van der Waals surface area (Å²) in [5.41, 5.74) is 24.8. The maximum Gasteiger partial charge on any atom is 2.00 e. The van der Waals surface area contributed by atoms with Crippen molar-refractivity contribution in [3.8, 4) is 67.5 Å². The molecule has 0 unspecified atom stereocenters. The summed E-state index contributed by atoms with van der Waals surface area (Å²) in [6.07, 6.45) is 9.86. The minimum absolute atomic E-state index is 0. The van der Waals surface area contributed by atoms with E-state index >= 15 is 0 Å². The standard InChI is InChI=1S/C48H32N2O.C48H30N2O.2C5H8O2.2Pt/c2*1-5-23-41-37(19-1)38-20-2-6-24-42(38)47(41,45-27-9-11-29-49-45)33-15-13-17-35(31-33)51-36-18-14-16-34(32-36)48(46-28-10-12-30-50-46)43-25-7-3-21-39(43)40-22-4-8-26-44(40)48;2*1-4(6)3-5(2)7;;/h1-32H;1-30H;2*3,6H,1-2H3;;/q;-2;;;;+2. The van der Waals surface area contributed by atoms with Crippen molar-refractivity contribution in [3.63, 3.8) is 0 Å². The first-order chi connectivity index (χ1) is 56.8. The van der Waals surface area contributed by atoms with Crippen molar-refractivity contribution in [2.75, 3.05) is 0 Å². The summed E-state index contributed by atoms with van der Waals surface area (Å²) < 4.78 is 13.6. The van der Waals surface area contributed by atoms with Crippen molar-refractivity contribution >= 4 is 11.6 Å². The quantitative estimate of drug-likeness (QED) is 0.0613. The Kier molecular flexibility index (Phi) is 23.2. The van der Waals surface area contributed by atoms with Gasteiger partial charge in [0, 0.05) is 69.5 Å². The third-order valence-electron chi connectivity index (χ3n) is 22.2. The van der Waals surface area contributed by atoms with Gasteiger partial charge in [-0.15, -0.1) is 35.4 Å². The van der Waals surface area contributed by atoms with Crippen LogP contribution >= 0.6 is 0 Å². The van der Waals surface area contributed by atoms with Crippen LogP contribution in [0.4, 0.5) is 0 Å². The van der Waals surface area contributed by atoms with Crippen LogP contribution in [0, 0.1) is 12.1 Å². The van der Waals surface area contributed by atoms with Gasteiger partial charge >= 0.3 is 21.1 Å². The summed E-state index contributed by atoms with van der Waals surface area (Å²) in [7, 11) is 0. The second kappa shape index (κ2) is 34.2. The molecule has 0 radical (unpaired) electrons. The number of carbonyl (C=O) groups excluding carboxylic acids is 2. The Balaban J connectivity index is 0.000000157. The van der Waals surface area contributed by atoms with Crippen molar-refractivity contribution in [2.45, 2.75) is 49.4 Å². The summed E-state index contributed by atoms with van der Waals surface area (Å²) in [4.78, 5) is 40.0. The normalized spacial score (nSPS) is 13.6. The molecule has 578 valence electrons. The molecule has 0 bridgehead atoms. The first-order valence-electron chi connectivity index (χ1n) is 38.7. The molecule has 0 spiro atoms. The predicted octanol–water partition coefficient (Wildman–Crippen LogP) is 23.7. The number of benzene rings is 12. The molecule has 4 aliphatic carbocycles. The number of rotatable bonds is 14. The summed E-state index contributed by atoms with van der Waals surface area (Å²) >= 11 is 0. The predicted molar refractivity (Wildman–Crippen MR) is 458 cm³/mol. The molecule has 20 rings (SSSR count). The van der Waals surface area contributed by atoms with Gasteiger partial charge < -0.3 is 19.7 Å². The summed E-state index contributed by atoms with van der Waals surface area (Å²) in [5, 5.41) is 16.7. The molecule has 0 fully saturated rings. The number of ketones is 2. The zero-order chi connectivity index (χ0) is 79.4. The Morgan fingerprint density at radius 3 is 0.763 bits per heavy atom. The van der Waals surface area contributed by atoms with E-state index in [2.05, 4.69) is 315 Å². The van der Waals surface area contributed by atoms with Gasteiger partial charge in [-0.3, -0.25) is 29.5 Å². The monoisotopic (exact) mass is 1890 g/mol. The van der Waals surface area contributed by atoms with Gasteiger partial charge in [0.15, 0.2) is 11.6 Å². The molecular weight excluding hydrogens is 1820 g/mol. The van der Waals surface area contributed by atoms with Gasteiger partial charge in [-0.2, -0.15) is 24.3 Å². The van der Waals surface area contributed by atoms with Crippen molar-refractivity contribution in [3.05, 3.63) is 502 Å². The first kappa shape index (κ1) is 79.8. The summed E-state index contributed by atoms with van der Waals surface area (Å²) in [6, 6.07) is 131. The van der Waals surface area contributed by atoms with E-state index < -0.39 is 21.7 Å². The van der Waals surface area contributed by atoms with Crippen LogP contribution in [0.25, 0.3) is 44.5 Å². The number of hydrogen-bond acceptors (Lipinski definition) is 10. The molecule has 12 aromatic carbocycles. The number of hydrogen-bond donors (Lipinski definition) is 2. The Labute approximate surface area is 716 Å². The van der Waals surface area contributed by atoms with E-state index in [1.54, 1.807) is 0 Å². The van der Waals surface area contributed by atoms with Crippen LogP contribution in [0.5, 0.6) is 23.0 Å². The van der Waals surface area contributed by atoms with Crippen LogP contribution < -0.4 is 9.47 Å². The fraction of sp³-hybridized carbons (Fsp3) is 0.0755. The molecule has 4 aromatic heterocycles. The van der Waals surface area contributed by atoms with E-state index in [4.69, 9.17) is 39.6 Å². The zero-order valence-corrected chi connectivity index (χ0v) is 69.4. The molecule has 16 aromatic rings. The van der Waals surface area contributed by atoms with Crippen LogP contribution in [0.2, 0.25) is 0 Å². The average molecular weight is 1890 g/mol. The summed E-state index contributed by atoms with van der Waals surface area (Å²) in [5.74, 6) is 2.62. The number of pyridine rings is 4. The van der Waals surface area contributed by atoms with Crippen LogP contribution in [-0.2, 0) is 73.4 Å². The topological polar surface area (TPSA) is 145 Å². The molecular formula is C106H78N4O6Pt2. The maximum atomic E-state index is 10.0. The second-order valence-electron chi connectivity index (χ2n) is 29.1. The molecule has 2 N–H and O–H groups in total. The minimum Gasteiger partial charge on any atom is -0.512 e. The van der Waals surface area contributed by atoms with Gasteiger partial charge in [-0.1, -0.05) is 243 Å². The largest absolute Gasteiger partial charge is 2.00 e. The molecule has 10 nitrogen and oxygen atoms in total. The minimum atomic E-state index is -0.667. The fourth-order valence-electron chi connectivity index (χ4n) is 18.0. The maximum absolute atomic E-state index is 10.0. The van der Waals surface area contributed by atoms with Crippen LogP contribution in [0.3, 0.4) is 0 Å². The molecule has 0 saturated heterocycles. The number of allylic oxidation sites excluding steroid dienone is 4. The SMILES string of the molecule is CC(=O)C=C(C)O.CC(=O)C=C(C)O.[Pt+2].[Pt].[c-]1c(Oc2[c-]c(C3(c4ccccn4)c4ccccc4-c4ccccc43)ccc2)cccc1C1(c2ccccn2)c2ccccc2-c2ccccc21.c1ccc(C2(c3cccc(Oc4cccc(C5(c6ccccn6)c6ccccc6-c6ccccc65)c4)c3)c3ccccc3-c3ccccc32)nc1. The molecule has 12 heteroatoms. The number of aromatic nitrogens is 4. The van der Waals surface area contributed by atoms with Crippen LogP contribution in [0.15, 0.2) is 400 Å². The van der Waals surface area contributed by atoms with E-state index in [0.717, 1.165) is 56.5 Å². The van der Waals surface area contributed by atoms with Gasteiger partial charge in [0.2, 0.25) is 0 Å². The summed E-state index contributed by atoms with van der Waals surface area (Å²) in [6.45, 7) is 5.70. The molecule has 0 atom stereocenters. The van der Waals surface area contributed by atoms with E-state index in [1.807, 2.05) is 73.3 Å². The molecule has 118 heavy (non-hydrogen) atoms. The number of nitrogens with zero attached hydrogens (tertiary/aromatic N) is 4. The fourth-order valence-corrected chi connectivity index (χ4v) is 18.0. The third kappa shape index (κ3) is 14.1. The van der Waals surface area contributed by atoms with E-state index in [-0.39, 0.29) is 65.2 Å². The van der Waals surface area contributed by atoms with Crippen LogP contribution in [0.1, 0.15) is 117 Å². The van der Waals surface area contributed by atoms with Gasteiger partial charge in [0.05, 0.1) is 56.0 Å². The number of fused-ring (bicyclic) bond motifs is 12. The Morgan fingerprint density at radius 1 is 0.288 bits per heavy atom. The van der Waals surface area contributed by atoms with Gasteiger partial charge in [0.25, 0.3) is 0 Å². The van der Waals surface area contributed by atoms with Gasteiger partial charge in [-0.25, -0.2) is 0 Å². The first-order valence-corrected chi connectivity index (χ1v) is 38.7. The molecule has 0 amide bonds. The molecule has 4 aliphatic rings. The van der Waals surface area contributed by atoms with Crippen molar-refractivity contribution < 1.29 is 71.4 Å². The van der Waals surface area contributed by atoms with Crippen molar-refractivity contribution in [2.24, 2.45) is 0 Å². The number of aliphatic hydroxyl groups is 2. The second-order valence-corrected chi connectivity index (χ2v) is 29.1. The van der Waals surface area contributed by atoms with E-state index in [9.17, 15) is 9.59 Å². The Hall–Kier alpha value is -13.4. The number of ether oxygens (including phenoxy) is 2. The third-order valence-corrected chi connectivity index (χ3v) is 22.2. The smallest absolute Gasteiger partial charge is 0.512 e. The van der Waals surface area contributed by atoms with Crippen molar-refractivity contribution in [1.29, 1.82) is 0 Å². The zero-order valence-electron chi connectivity index (χ0n) is 64.9. The van der Waals surface area contributed by atoms with E-state index in [0.29, 0.717) is 11.5 Å². The Bertz CT molecular complexity index is 5510. The number of carbonyl (C=O) groups is 2. The van der Waals surface area contributed by atoms with Crippen LogP contribution in [-0.4, -0.2) is 41.7 Å². The number of aliphatic hydroxyl groups excluding tert-OH is 2. The van der Waals surface area contributed by atoms with Crippen molar-refractivity contribution in [1.82, 2.24) is 19.9 Å². The van der Waals surface area contributed by atoms with Gasteiger partial charge in [0.1, 0.15) is 11.5 Å². The Morgan fingerprint density at radius 2 is 0.525 bits per heavy atom. The van der Waals surface area contributed by atoms with E-state index in [1.165, 1.54) is 129 Å². The molecule has 0 aliphatic heterocycles. The molecule has 0 saturated carbocycles. The average Bonchev–Trinajstić information content (AvgIpc) is 1.56. The molecule has 4 heterocycles.